The number of amidine groups is 1. The first-order valence-corrected chi connectivity index (χ1v) is 8.55. The fourth-order valence-electron chi connectivity index (χ4n) is 2.36. The van der Waals surface area contributed by atoms with Crippen LogP contribution in [-0.2, 0) is 0 Å². The first-order valence-electron chi connectivity index (χ1n) is 6.88. The normalized spacial score (nSPS) is 18.8. The Hall–Kier alpha value is -0.480. The molecule has 0 bridgehead atoms. The van der Waals surface area contributed by atoms with E-state index in [-0.39, 0.29) is 0 Å². The van der Waals surface area contributed by atoms with Crippen LogP contribution in [-0.4, -0.2) is 17.0 Å². The highest BCUT2D eigenvalue weighted by Gasteiger charge is 2.26. The number of hydrogen-bond donors (Lipinski definition) is 1. The van der Waals surface area contributed by atoms with E-state index in [1.54, 1.807) is 0 Å². The minimum atomic E-state index is 0.643. The third-order valence-electron chi connectivity index (χ3n) is 3.69. The van der Waals surface area contributed by atoms with E-state index in [9.17, 15) is 0 Å². The summed E-state index contributed by atoms with van der Waals surface area (Å²) >= 11 is 5.42. The van der Waals surface area contributed by atoms with Crippen LogP contribution in [0, 0.1) is 12.8 Å². The average Bonchev–Trinajstić information content (AvgIpc) is 2.84. The van der Waals surface area contributed by atoms with Gasteiger partial charge in [0.2, 0.25) is 0 Å². The van der Waals surface area contributed by atoms with Gasteiger partial charge in [0.05, 0.1) is 6.54 Å². The molecular weight excluding hydrogens is 320 g/mol. The van der Waals surface area contributed by atoms with Gasteiger partial charge in [-0.05, 0) is 30.5 Å². The van der Waals surface area contributed by atoms with Gasteiger partial charge in [0, 0.05) is 15.4 Å². The maximum Gasteiger partial charge on any atom is 0.161 e. The molecule has 0 amide bonds. The monoisotopic (exact) mass is 340 g/mol. The van der Waals surface area contributed by atoms with Gasteiger partial charge in [0.25, 0.3) is 0 Å². The highest BCUT2D eigenvalue weighted by molar-refractivity contribution is 9.10. The van der Waals surface area contributed by atoms with Gasteiger partial charge in [0.15, 0.2) is 5.17 Å². The molecule has 0 spiro atoms. The van der Waals surface area contributed by atoms with Gasteiger partial charge in [-0.15, -0.1) is 0 Å². The first-order chi connectivity index (χ1) is 9.13. The summed E-state index contributed by atoms with van der Waals surface area (Å²) < 4.78 is 1.10. The molecule has 2 rings (SSSR count). The Kier molecular flexibility index (Phi) is 5.34. The minimum Gasteiger partial charge on any atom is -0.335 e. The Balaban J connectivity index is 2.00. The van der Waals surface area contributed by atoms with Crippen LogP contribution < -0.4 is 5.32 Å². The van der Waals surface area contributed by atoms with Crippen molar-refractivity contribution in [2.75, 3.05) is 11.9 Å². The minimum absolute atomic E-state index is 0.643. The van der Waals surface area contributed by atoms with Crippen molar-refractivity contribution in [1.29, 1.82) is 0 Å². The van der Waals surface area contributed by atoms with Crippen LogP contribution in [0.1, 0.15) is 32.3 Å². The highest BCUT2D eigenvalue weighted by atomic mass is 79.9. The van der Waals surface area contributed by atoms with Crippen molar-refractivity contribution in [2.24, 2.45) is 10.9 Å². The molecule has 0 aliphatic carbocycles. The fourth-order valence-corrected chi connectivity index (χ4v) is 4.06. The molecule has 0 fully saturated rings. The van der Waals surface area contributed by atoms with E-state index < -0.39 is 0 Å². The van der Waals surface area contributed by atoms with Crippen LogP contribution in [0.25, 0.3) is 0 Å². The molecule has 0 radical (unpaired) electrons. The van der Waals surface area contributed by atoms with Gasteiger partial charge in [-0.25, -0.2) is 0 Å². The summed E-state index contributed by atoms with van der Waals surface area (Å²) in [5, 5.41) is 5.18. The third-order valence-corrected chi connectivity index (χ3v) is 5.48. The summed E-state index contributed by atoms with van der Waals surface area (Å²) in [7, 11) is 0. The van der Waals surface area contributed by atoms with Gasteiger partial charge < -0.3 is 5.32 Å². The van der Waals surface area contributed by atoms with Gasteiger partial charge in [-0.1, -0.05) is 60.4 Å². The van der Waals surface area contributed by atoms with Gasteiger partial charge in [0.1, 0.15) is 0 Å². The second-order valence-corrected chi connectivity index (χ2v) is 7.11. The van der Waals surface area contributed by atoms with E-state index in [4.69, 9.17) is 0 Å². The number of hydrogen-bond acceptors (Lipinski definition) is 3. The van der Waals surface area contributed by atoms with Gasteiger partial charge >= 0.3 is 0 Å². The van der Waals surface area contributed by atoms with Crippen LogP contribution in [0.4, 0.5) is 5.69 Å². The molecule has 19 heavy (non-hydrogen) atoms. The van der Waals surface area contributed by atoms with Crippen molar-refractivity contribution in [3.8, 4) is 0 Å². The second kappa shape index (κ2) is 6.80. The standard InChI is InChI=1S/C15H21BrN2S/c1-4-11(5-2)14-9-17-15(19-14)18-13-8-12(16)7-6-10(13)3/h6-8,11,14H,4-5,9H2,1-3H3,(H,17,18). The Morgan fingerprint density at radius 1 is 1.42 bits per heavy atom. The van der Waals surface area contributed by atoms with E-state index >= 15 is 0 Å². The van der Waals surface area contributed by atoms with Crippen molar-refractivity contribution in [2.45, 2.75) is 38.9 Å². The lowest BCUT2D eigenvalue weighted by Gasteiger charge is -2.18. The van der Waals surface area contributed by atoms with E-state index in [1.165, 1.54) is 18.4 Å². The number of nitrogens with zero attached hydrogens (tertiary/aromatic N) is 1. The van der Waals surface area contributed by atoms with E-state index in [0.29, 0.717) is 5.25 Å². The van der Waals surface area contributed by atoms with Crippen molar-refractivity contribution < 1.29 is 0 Å². The smallest absolute Gasteiger partial charge is 0.161 e. The van der Waals surface area contributed by atoms with Crippen molar-refractivity contribution >= 4 is 38.5 Å². The molecular formula is C15H21BrN2S. The van der Waals surface area contributed by atoms with Gasteiger partial charge in [-0.3, -0.25) is 4.99 Å². The Morgan fingerprint density at radius 2 is 2.16 bits per heavy atom. The van der Waals surface area contributed by atoms with Crippen LogP contribution in [0.15, 0.2) is 27.7 Å². The Bertz CT molecular complexity index is 469. The number of aryl methyl sites for hydroxylation is 1. The van der Waals surface area contributed by atoms with E-state index in [2.05, 4.69) is 65.2 Å². The zero-order valence-corrected chi connectivity index (χ0v) is 14.1. The molecule has 1 atom stereocenters. The number of benzene rings is 1. The molecule has 0 aromatic heterocycles. The predicted molar refractivity (Wildman–Crippen MR) is 90.3 cm³/mol. The topological polar surface area (TPSA) is 24.4 Å². The first kappa shape index (κ1) is 14.9. The summed E-state index contributed by atoms with van der Waals surface area (Å²) in [5.74, 6) is 0.775. The molecule has 1 N–H and O–H groups in total. The van der Waals surface area contributed by atoms with Crippen LogP contribution in [0.5, 0.6) is 0 Å². The lowest BCUT2D eigenvalue weighted by molar-refractivity contribution is 0.479. The molecule has 0 saturated heterocycles. The predicted octanol–water partition coefficient (Wildman–Crippen LogP) is 5.08. The quantitative estimate of drug-likeness (QED) is 0.826. The third kappa shape index (κ3) is 3.76. The number of aliphatic imine (C=N–C) groups is 1. The summed E-state index contributed by atoms with van der Waals surface area (Å²) in [6.45, 7) is 7.62. The fraction of sp³-hybridized carbons (Fsp3) is 0.533. The number of thioether (sulfide) groups is 1. The number of nitrogens with one attached hydrogen (secondary N) is 1. The number of rotatable bonds is 4. The molecule has 1 aliphatic heterocycles. The summed E-state index contributed by atoms with van der Waals surface area (Å²) in [4.78, 5) is 4.65. The molecule has 1 heterocycles. The van der Waals surface area contributed by atoms with Crippen LogP contribution >= 0.6 is 27.7 Å². The maximum absolute atomic E-state index is 4.65. The molecule has 1 aliphatic rings. The molecule has 1 aromatic carbocycles. The summed E-state index contributed by atoms with van der Waals surface area (Å²) in [6, 6.07) is 6.30. The van der Waals surface area contributed by atoms with Crippen LogP contribution in [0.2, 0.25) is 0 Å². The van der Waals surface area contributed by atoms with Crippen molar-refractivity contribution in [1.82, 2.24) is 0 Å². The molecule has 2 nitrogen and oxygen atoms in total. The average molecular weight is 341 g/mol. The molecule has 4 heteroatoms. The SMILES string of the molecule is CCC(CC)C1CN=C(Nc2cc(Br)ccc2C)S1. The summed E-state index contributed by atoms with van der Waals surface area (Å²) in [6.07, 6.45) is 2.49. The molecule has 0 saturated carbocycles. The van der Waals surface area contributed by atoms with E-state index in [0.717, 1.165) is 27.8 Å². The molecule has 104 valence electrons. The zero-order valence-electron chi connectivity index (χ0n) is 11.7. The van der Waals surface area contributed by atoms with E-state index in [1.807, 2.05) is 11.8 Å². The molecule has 1 aromatic rings. The zero-order chi connectivity index (χ0) is 13.8. The largest absolute Gasteiger partial charge is 0.335 e. The molecule has 1 unspecified atom stereocenters. The van der Waals surface area contributed by atoms with Crippen LogP contribution in [0.3, 0.4) is 0 Å². The maximum atomic E-state index is 4.65. The van der Waals surface area contributed by atoms with Crippen molar-refractivity contribution in [3.05, 3.63) is 28.2 Å². The Morgan fingerprint density at radius 3 is 2.84 bits per heavy atom. The lowest BCUT2D eigenvalue weighted by Crippen LogP contribution is -2.17. The van der Waals surface area contributed by atoms with Gasteiger partial charge in [-0.2, -0.15) is 0 Å². The summed E-state index contributed by atoms with van der Waals surface area (Å²) in [5.41, 5.74) is 2.39. The Labute approximate surface area is 128 Å². The highest BCUT2D eigenvalue weighted by Crippen LogP contribution is 2.32. The number of halogens is 1. The second-order valence-electron chi connectivity index (χ2n) is 4.96. The lowest BCUT2D eigenvalue weighted by atomic mass is 9.99. The van der Waals surface area contributed by atoms with Crippen molar-refractivity contribution in [3.63, 3.8) is 0 Å². The number of anilines is 1.